The van der Waals surface area contributed by atoms with Crippen LogP contribution in [0.4, 0.5) is 0 Å². The molecule has 43 heavy (non-hydrogen) atoms. The molecule has 0 aliphatic heterocycles. The Balaban J connectivity index is 1.32. The van der Waals surface area contributed by atoms with E-state index in [0.29, 0.717) is 11.4 Å². The Morgan fingerprint density at radius 3 is 2.12 bits per heavy atom. The lowest BCUT2D eigenvalue weighted by molar-refractivity contribution is -0.141. The fraction of sp³-hybridized carbons (Fsp3) is 0.400. The third-order valence-electron chi connectivity index (χ3n) is 7.42. The van der Waals surface area contributed by atoms with E-state index >= 15 is 0 Å². The van der Waals surface area contributed by atoms with E-state index in [9.17, 15) is 14.7 Å². The van der Waals surface area contributed by atoms with E-state index in [1.54, 1.807) is 23.3 Å². The first-order valence-electron chi connectivity index (χ1n) is 15.1. The zero-order valence-corrected chi connectivity index (χ0v) is 25.6. The number of hydrogen-bond donors (Lipinski definition) is 1. The highest BCUT2D eigenvalue weighted by molar-refractivity contribution is 5.97. The molecule has 0 amide bonds. The number of carbonyl (C=O) groups is 2. The predicted molar refractivity (Wildman–Crippen MR) is 168 cm³/mol. The normalized spacial score (nSPS) is 12.2. The average Bonchev–Trinajstić information content (AvgIpc) is 3.51. The Hall–Kier alpha value is -4.33. The molecule has 0 saturated carbocycles. The number of aliphatic carboxylic acids is 1. The minimum absolute atomic E-state index is 0.0936. The number of benzene rings is 2. The number of nitrogens with zero attached hydrogens (tertiary/aromatic N) is 4. The van der Waals surface area contributed by atoms with Crippen LogP contribution in [0.1, 0.15) is 82.1 Å². The Kier molecular flexibility index (Phi) is 10.8. The Morgan fingerprint density at radius 1 is 0.860 bits per heavy atom. The molecule has 1 atom stereocenters. The molecular formula is C35H42N4O4. The number of rotatable bonds is 15. The molecule has 0 fully saturated rings. The summed E-state index contributed by atoms with van der Waals surface area (Å²) >= 11 is 0. The van der Waals surface area contributed by atoms with Crippen molar-refractivity contribution in [2.45, 2.75) is 78.2 Å². The maximum Gasteiger partial charge on any atom is 0.307 e. The number of ether oxygens (including phenoxy) is 1. The number of hydrogen-bond acceptors (Lipinski definition) is 6. The van der Waals surface area contributed by atoms with Crippen LogP contribution in [-0.2, 0) is 16.8 Å². The van der Waals surface area contributed by atoms with E-state index in [0.717, 1.165) is 41.0 Å². The van der Waals surface area contributed by atoms with Gasteiger partial charge in [0.25, 0.3) is 0 Å². The van der Waals surface area contributed by atoms with Gasteiger partial charge in [-0.25, -0.2) is 9.97 Å². The van der Waals surface area contributed by atoms with Crippen LogP contribution >= 0.6 is 0 Å². The standard InChI is InChI=1S/C35H42N4O4/c1-5-6-7-8-9-18-43-31-16-14-26(15-17-31)29-21-36-33(37-22-29)27-12-10-25(11-13-27)19-28(34(41)42)20-32(40)30-23-38-39(24-30)35(2,3)4/h10-17,21-24,28H,5-9,18-20H2,1-4H3,(H,41,42)/t28-/m1/s1. The van der Waals surface area contributed by atoms with Crippen molar-refractivity contribution < 1.29 is 19.4 Å². The molecule has 0 aliphatic carbocycles. The molecule has 4 aromatic rings. The molecule has 4 rings (SSSR count). The second-order valence-electron chi connectivity index (χ2n) is 12.0. The maximum atomic E-state index is 12.8. The van der Waals surface area contributed by atoms with Crippen LogP contribution in [0.25, 0.3) is 22.5 Å². The van der Waals surface area contributed by atoms with Gasteiger partial charge in [0.2, 0.25) is 0 Å². The quantitative estimate of drug-likeness (QED) is 0.113. The van der Waals surface area contributed by atoms with Gasteiger partial charge >= 0.3 is 5.97 Å². The molecule has 0 aliphatic rings. The molecule has 0 unspecified atom stereocenters. The number of ketones is 1. The van der Waals surface area contributed by atoms with Gasteiger partial charge in [-0.15, -0.1) is 0 Å². The summed E-state index contributed by atoms with van der Waals surface area (Å²) < 4.78 is 7.58. The van der Waals surface area contributed by atoms with Gasteiger partial charge in [-0.05, 0) is 56.9 Å². The third kappa shape index (κ3) is 9.08. The molecule has 226 valence electrons. The number of aromatic nitrogens is 4. The van der Waals surface area contributed by atoms with E-state index < -0.39 is 11.9 Å². The number of unbranched alkanes of at least 4 members (excludes halogenated alkanes) is 4. The summed E-state index contributed by atoms with van der Waals surface area (Å²) in [6, 6.07) is 15.5. The molecule has 0 saturated heterocycles. The predicted octanol–water partition coefficient (Wildman–Crippen LogP) is 7.63. The van der Waals surface area contributed by atoms with Crippen LogP contribution in [0.2, 0.25) is 0 Å². The molecule has 0 radical (unpaired) electrons. The zero-order chi connectivity index (χ0) is 30.8. The molecule has 2 heterocycles. The highest BCUT2D eigenvalue weighted by Crippen LogP contribution is 2.25. The van der Waals surface area contributed by atoms with Crippen molar-refractivity contribution in [1.82, 2.24) is 19.7 Å². The highest BCUT2D eigenvalue weighted by Gasteiger charge is 2.24. The third-order valence-corrected chi connectivity index (χ3v) is 7.42. The van der Waals surface area contributed by atoms with Gasteiger partial charge in [0.1, 0.15) is 5.75 Å². The summed E-state index contributed by atoms with van der Waals surface area (Å²) in [7, 11) is 0. The van der Waals surface area contributed by atoms with Crippen LogP contribution in [-0.4, -0.2) is 43.2 Å². The number of carboxylic acid groups (broad SMARTS) is 1. The van der Waals surface area contributed by atoms with Crippen molar-refractivity contribution in [3.63, 3.8) is 0 Å². The van der Waals surface area contributed by atoms with E-state index in [4.69, 9.17) is 4.74 Å². The molecule has 8 nitrogen and oxygen atoms in total. The van der Waals surface area contributed by atoms with Gasteiger partial charge in [0, 0.05) is 36.1 Å². The van der Waals surface area contributed by atoms with Crippen LogP contribution in [0.3, 0.4) is 0 Å². The fourth-order valence-electron chi connectivity index (χ4n) is 4.76. The van der Waals surface area contributed by atoms with Crippen LogP contribution in [0.15, 0.2) is 73.3 Å². The smallest absolute Gasteiger partial charge is 0.307 e. The van der Waals surface area contributed by atoms with Crippen LogP contribution in [0.5, 0.6) is 5.75 Å². The summed E-state index contributed by atoms with van der Waals surface area (Å²) in [6.07, 6.45) is 13.0. The number of Topliss-reactive ketones (excluding diaryl/α,β-unsaturated/α-hetero) is 1. The molecule has 1 N–H and O–H groups in total. The molecule has 2 aromatic carbocycles. The molecule has 8 heteroatoms. The minimum Gasteiger partial charge on any atom is -0.494 e. The lowest BCUT2D eigenvalue weighted by Gasteiger charge is -2.18. The van der Waals surface area contributed by atoms with Gasteiger partial charge in [-0.1, -0.05) is 69.0 Å². The number of carboxylic acids is 1. The van der Waals surface area contributed by atoms with Crippen LogP contribution < -0.4 is 4.74 Å². The SMILES string of the molecule is CCCCCCCOc1ccc(-c2cnc(-c3ccc(C[C@H](CC(=O)c4cnn(C(C)(C)C)c4)C(=O)O)cc3)nc2)cc1. The molecule has 0 spiro atoms. The Bertz CT molecular complexity index is 1470. The summed E-state index contributed by atoms with van der Waals surface area (Å²) in [6.45, 7) is 8.92. The van der Waals surface area contributed by atoms with Gasteiger partial charge in [0.05, 0.1) is 29.8 Å². The van der Waals surface area contributed by atoms with Gasteiger partial charge in [-0.3, -0.25) is 14.3 Å². The van der Waals surface area contributed by atoms with Crippen molar-refractivity contribution in [1.29, 1.82) is 0 Å². The summed E-state index contributed by atoms with van der Waals surface area (Å²) in [5.41, 5.74) is 3.74. The molecule has 2 aromatic heterocycles. The lowest BCUT2D eigenvalue weighted by Crippen LogP contribution is -2.22. The second kappa shape index (κ2) is 14.7. The maximum absolute atomic E-state index is 12.8. The highest BCUT2D eigenvalue weighted by atomic mass is 16.5. The van der Waals surface area contributed by atoms with Gasteiger partial charge in [-0.2, -0.15) is 5.10 Å². The minimum atomic E-state index is -0.999. The lowest BCUT2D eigenvalue weighted by atomic mass is 9.92. The van der Waals surface area contributed by atoms with Crippen molar-refractivity contribution in [3.8, 4) is 28.3 Å². The van der Waals surface area contributed by atoms with E-state index in [1.165, 1.54) is 31.9 Å². The van der Waals surface area contributed by atoms with Crippen LogP contribution in [0, 0.1) is 5.92 Å². The molecular weight excluding hydrogens is 540 g/mol. The summed E-state index contributed by atoms with van der Waals surface area (Å²) in [4.78, 5) is 33.9. The first kappa shape index (κ1) is 31.6. The van der Waals surface area contributed by atoms with Crippen molar-refractivity contribution in [2.24, 2.45) is 5.92 Å². The topological polar surface area (TPSA) is 107 Å². The van der Waals surface area contributed by atoms with Crippen molar-refractivity contribution >= 4 is 11.8 Å². The first-order valence-corrected chi connectivity index (χ1v) is 15.1. The summed E-state index contributed by atoms with van der Waals surface area (Å²) in [5.74, 6) is -0.619. The largest absolute Gasteiger partial charge is 0.494 e. The molecule has 0 bridgehead atoms. The van der Waals surface area contributed by atoms with Crippen molar-refractivity contribution in [3.05, 3.63) is 84.4 Å². The Morgan fingerprint density at radius 2 is 1.51 bits per heavy atom. The first-order chi connectivity index (χ1) is 20.6. The van der Waals surface area contributed by atoms with Gasteiger partial charge < -0.3 is 9.84 Å². The fourth-order valence-corrected chi connectivity index (χ4v) is 4.76. The number of carbonyl (C=O) groups excluding carboxylic acids is 1. The van der Waals surface area contributed by atoms with Crippen molar-refractivity contribution in [2.75, 3.05) is 6.61 Å². The monoisotopic (exact) mass is 582 g/mol. The summed E-state index contributed by atoms with van der Waals surface area (Å²) in [5, 5.41) is 14.1. The zero-order valence-electron chi connectivity index (χ0n) is 25.6. The Labute approximate surface area is 254 Å². The average molecular weight is 583 g/mol. The van der Waals surface area contributed by atoms with E-state index in [2.05, 4.69) is 22.0 Å². The van der Waals surface area contributed by atoms with E-state index in [-0.39, 0.29) is 24.2 Å². The van der Waals surface area contributed by atoms with E-state index in [1.807, 2.05) is 69.3 Å². The van der Waals surface area contributed by atoms with Gasteiger partial charge in [0.15, 0.2) is 11.6 Å². The second-order valence-corrected chi connectivity index (χ2v) is 12.0.